The van der Waals surface area contributed by atoms with Gasteiger partial charge in [-0.05, 0) is 46.2 Å². The first-order valence-corrected chi connectivity index (χ1v) is 8.58. The van der Waals surface area contributed by atoms with Crippen LogP contribution < -0.4 is 0 Å². The van der Waals surface area contributed by atoms with Gasteiger partial charge in [0.2, 0.25) is 5.78 Å². The van der Waals surface area contributed by atoms with Crippen LogP contribution >= 0.6 is 11.3 Å². The Morgan fingerprint density at radius 3 is 2.28 bits per heavy atom. The Morgan fingerprint density at radius 2 is 1.76 bits per heavy atom. The summed E-state index contributed by atoms with van der Waals surface area (Å²) in [4.78, 5) is 41.5. The van der Waals surface area contributed by atoms with Gasteiger partial charge in [-0.3, -0.25) is 4.79 Å². The van der Waals surface area contributed by atoms with Crippen LogP contribution in [0.4, 0.5) is 0 Å². The molecule has 0 radical (unpaired) electrons. The van der Waals surface area contributed by atoms with E-state index in [0.717, 1.165) is 9.75 Å². The number of esters is 2. The topological polar surface area (TPSA) is 85.5 Å². The van der Waals surface area contributed by atoms with Crippen LogP contribution in [0.3, 0.4) is 0 Å². The number of carbonyl (C=O) groups excluding carboxylic acids is 3. The predicted molar refractivity (Wildman–Crippen MR) is 94.6 cm³/mol. The highest BCUT2D eigenvalue weighted by atomic mass is 32.1. The third kappa shape index (κ3) is 3.66. The molecular weight excluding hydrogens is 342 g/mol. The zero-order chi connectivity index (χ0) is 18.9. The van der Waals surface area contributed by atoms with Crippen LogP contribution in [-0.2, 0) is 9.47 Å². The van der Waals surface area contributed by atoms with E-state index in [2.05, 4.69) is 4.98 Å². The summed E-state index contributed by atoms with van der Waals surface area (Å²) < 4.78 is 10.1. The molecule has 2 rings (SSSR count). The maximum atomic E-state index is 12.6. The first-order valence-electron chi connectivity index (χ1n) is 7.77. The average Bonchev–Trinajstić information content (AvgIpc) is 3.04. The van der Waals surface area contributed by atoms with E-state index in [1.807, 2.05) is 13.8 Å². The van der Waals surface area contributed by atoms with E-state index >= 15 is 0 Å². The Kier molecular flexibility index (Phi) is 5.47. The second kappa shape index (κ2) is 7.23. The fourth-order valence-electron chi connectivity index (χ4n) is 2.72. The lowest BCUT2D eigenvalue weighted by atomic mass is 10.1. The highest BCUT2D eigenvalue weighted by molar-refractivity contribution is 7.12. The van der Waals surface area contributed by atoms with Crippen molar-refractivity contribution < 1.29 is 23.9 Å². The number of rotatable bonds is 5. The molecule has 0 aliphatic heterocycles. The Bertz CT molecular complexity index is 846. The van der Waals surface area contributed by atoms with E-state index in [1.165, 1.54) is 25.4 Å². The van der Waals surface area contributed by atoms with Gasteiger partial charge in [0.15, 0.2) is 6.10 Å². The van der Waals surface area contributed by atoms with Crippen LogP contribution in [0.5, 0.6) is 0 Å². The number of H-pyrrole nitrogens is 1. The van der Waals surface area contributed by atoms with Gasteiger partial charge in [-0.2, -0.15) is 0 Å². The molecule has 7 heteroatoms. The maximum Gasteiger partial charge on any atom is 0.339 e. The molecule has 0 bridgehead atoms. The van der Waals surface area contributed by atoms with Crippen molar-refractivity contribution in [2.45, 2.75) is 40.7 Å². The van der Waals surface area contributed by atoms with Gasteiger partial charge >= 0.3 is 11.9 Å². The molecule has 0 fully saturated rings. The number of hydrogen-bond donors (Lipinski definition) is 1. The van der Waals surface area contributed by atoms with Crippen molar-refractivity contribution in [2.24, 2.45) is 0 Å². The maximum absolute atomic E-state index is 12.6. The van der Waals surface area contributed by atoms with Crippen molar-refractivity contribution in [3.8, 4) is 0 Å². The number of aromatic amines is 1. The van der Waals surface area contributed by atoms with Gasteiger partial charge in [0.1, 0.15) is 0 Å². The molecule has 0 unspecified atom stereocenters. The Morgan fingerprint density at radius 1 is 1.12 bits per heavy atom. The highest BCUT2D eigenvalue weighted by Crippen LogP contribution is 2.23. The number of thiophene rings is 1. The van der Waals surface area contributed by atoms with Gasteiger partial charge < -0.3 is 14.5 Å². The number of Topliss-reactive ketones (excluding diaryl/α,β-unsaturated/α-hetero) is 1. The van der Waals surface area contributed by atoms with Crippen molar-refractivity contribution >= 4 is 29.1 Å². The summed E-state index contributed by atoms with van der Waals surface area (Å²) in [6.07, 6.45) is -0.977. The summed E-state index contributed by atoms with van der Waals surface area (Å²) in [5, 5.41) is 0. The molecular formula is C18H21NO5S. The fraction of sp³-hybridized carbons (Fsp3) is 0.389. The first-order chi connectivity index (χ1) is 11.7. The number of carbonyl (C=O) groups is 3. The summed E-state index contributed by atoms with van der Waals surface area (Å²) in [6.45, 7) is 8.60. The molecule has 0 saturated carbocycles. The lowest BCUT2D eigenvalue weighted by Gasteiger charge is -2.12. The van der Waals surface area contributed by atoms with Crippen LogP contribution in [0.2, 0.25) is 0 Å². The molecule has 0 saturated heterocycles. The average molecular weight is 363 g/mol. The summed E-state index contributed by atoms with van der Waals surface area (Å²) in [5.74, 6) is -1.44. The second-order valence-electron chi connectivity index (χ2n) is 5.86. The lowest BCUT2D eigenvalue weighted by Crippen LogP contribution is -2.25. The molecule has 0 aromatic carbocycles. The van der Waals surface area contributed by atoms with Crippen LogP contribution in [0, 0.1) is 27.7 Å². The molecule has 134 valence electrons. The van der Waals surface area contributed by atoms with E-state index in [0.29, 0.717) is 22.4 Å². The summed E-state index contributed by atoms with van der Waals surface area (Å²) in [7, 11) is 1.28. The monoisotopic (exact) mass is 363 g/mol. The largest absolute Gasteiger partial charge is 0.465 e. The van der Waals surface area contributed by atoms with Crippen LogP contribution in [0.1, 0.15) is 59.1 Å². The Balaban J connectivity index is 2.22. The fourth-order valence-corrected chi connectivity index (χ4v) is 3.63. The molecule has 2 aromatic heterocycles. The third-order valence-corrected chi connectivity index (χ3v) is 4.95. The SMILES string of the molecule is COC(=O)c1c(C)[nH]c(C(=O)[C@@H](C)OC(=O)c2cc(C)sc2C)c1C. The molecule has 1 atom stereocenters. The molecule has 2 heterocycles. The highest BCUT2D eigenvalue weighted by Gasteiger charge is 2.28. The van der Waals surface area contributed by atoms with Gasteiger partial charge in [-0.1, -0.05) is 0 Å². The molecule has 0 spiro atoms. The van der Waals surface area contributed by atoms with Crippen molar-refractivity contribution in [1.82, 2.24) is 4.98 Å². The number of aromatic nitrogens is 1. The van der Waals surface area contributed by atoms with Crippen molar-refractivity contribution in [2.75, 3.05) is 7.11 Å². The lowest BCUT2D eigenvalue weighted by molar-refractivity contribution is 0.0316. The van der Waals surface area contributed by atoms with E-state index in [1.54, 1.807) is 19.9 Å². The zero-order valence-electron chi connectivity index (χ0n) is 15.1. The van der Waals surface area contributed by atoms with Gasteiger partial charge in [0.05, 0.1) is 23.9 Å². The molecule has 25 heavy (non-hydrogen) atoms. The van der Waals surface area contributed by atoms with Crippen LogP contribution in [-0.4, -0.2) is 35.9 Å². The van der Waals surface area contributed by atoms with E-state index in [4.69, 9.17) is 9.47 Å². The van der Waals surface area contributed by atoms with Crippen LogP contribution in [0.25, 0.3) is 0 Å². The summed E-state index contributed by atoms with van der Waals surface area (Å²) >= 11 is 1.50. The molecule has 2 aromatic rings. The second-order valence-corrected chi connectivity index (χ2v) is 7.32. The predicted octanol–water partition coefficient (Wildman–Crippen LogP) is 3.52. The van der Waals surface area contributed by atoms with Gasteiger partial charge in [-0.15, -0.1) is 11.3 Å². The van der Waals surface area contributed by atoms with Gasteiger partial charge in [0.25, 0.3) is 0 Å². The minimum atomic E-state index is -0.977. The minimum absolute atomic E-state index is 0.247. The number of hydrogen-bond acceptors (Lipinski definition) is 6. The normalized spacial score (nSPS) is 11.9. The zero-order valence-corrected chi connectivity index (χ0v) is 15.9. The molecule has 1 N–H and O–H groups in total. The van der Waals surface area contributed by atoms with Crippen molar-refractivity contribution in [3.05, 3.63) is 43.9 Å². The number of aryl methyl sites for hydroxylation is 3. The molecule has 0 aliphatic carbocycles. The summed E-state index contributed by atoms with van der Waals surface area (Å²) in [6, 6.07) is 1.75. The molecule has 0 aliphatic rings. The Labute approximate surface area is 150 Å². The summed E-state index contributed by atoms with van der Waals surface area (Å²) in [5.41, 5.74) is 2.07. The minimum Gasteiger partial charge on any atom is -0.465 e. The van der Waals surface area contributed by atoms with Gasteiger partial charge in [0, 0.05) is 15.4 Å². The quantitative estimate of drug-likeness (QED) is 0.649. The van der Waals surface area contributed by atoms with E-state index in [-0.39, 0.29) is 5.69 Å². The molecule has 0 amide bonds. The molecule has 6 nitrogen and oxygen atoms in total. The van der Waals surface area contributed by atoms with Crippen LogP contribution in [0.15, 0.2) is 6.07 Å². The number of ketones is 1. The number of methoxy groups -OCH3 is 1. The van der Waals surface area contributed by atoms with Gasteiger partial charge in [-0.25, -0.2) is 9.59 Å². The number of ether oxygens (including phenoxy) is 2. The first kappa shape index (κ1) is 18.9. The third-order valence-electron chi connectivity index (χ3n) is 3.99. The van der Waals surface area contributed by atoms with E-state index < -0.39 is 23.8 Å². The Hall–Kier alpha value is -2.41. The standard InChI is InChI=1S/C18H21NO5S/c1-8-7-13(12(5)25-8)17(21)24-11(4)16(20)15-9(2)14(10(3)19-15)18(22)23-6/h7,11,19H,1-6H3/t11-/m1/s1. The van der Waals surface area contributed by atoms with E-state index in [9.17, 15) is 14.4 Å². The smallest absolute Gasteiger partial charge is 0.339 e. The number of nitrogens with one attached hydrogen (secondary N) is 1. The van der Waals surface area contributed by atoms with Crippen molar-refractivity contribution in [1.29, 1.82) is 0 Å². The van der Waals surface area contributed by atoms with Crippen molar-refractivity contribution in [3.63, 3.8) is 0 Å².